The van der Waals surface area contributed by atoms with Crippen molar-refractivity contribution < 1.29 is 19.5 Å². The molecule has 10 heteroatoms. The van der Waals surface area contributed by atoms with Crippen LogP contribution in [0, 0.1) is 5.92 Å². The summed E-state index contributed by atoms with van der Waals surface area (Å²) < 4.78 is 0.875. The van der Waals surface area contributed by atoms with E-state index in [0.717, 1.165) is 4.57 Å². The van der Waals surface area contributed by atoms with Gasteiger partial charge in [-0.1, -0.05) is 93.1 Å². The van der Waals surface area contributed by atoms with Crippen molar-refractivity contribution in [1.29, 1.82) is 0 Å². The van der Waals surface area contributed by atoms with Crippen LogP contribution in [0.5, 0.6) is 0 Å². The number of H-pyrrole nitrogens is 1. The van der Waals surface area contributed by atoms with E-state index in [1.54, 1.807) is 85.8 Å². The highest BCUT2D eigenvalue weighted by molar-refractivity contribution is 5.92. The third-order valence-corrected chi connectivity index (χ3v) is 7.18. The summed E-state index contributed by atoms with van der Waals surface area (Å²) in [6.07, 6.45) is 0.492. The predicted molar refractivity (Wildman–Crippen MR) is 154 cm³/mol. The van der Waals surface area contributed by atoms with Gasteiger partial charge in [0.15, 0.2) is 6.04 Å². The molecule has 0 spiro atoms. The van der Waals surface area contributed by atoms with Crippen molar-refractivity contribution >= 4 is 28.7 Å². The molecule has 212 valence electrons. The summed E-state index contributed by atoms with van der Waals surface area (Å²) in [5.74, 6) is -3.06. The third kappa shape index (κ3) is 6.60. The first kappa shape index (κ1) is 29.0. The van der Waals surface area contributed by atoms with Crippen molar-refractivity contribution in [3.8, 4) is 0 Å². The summed E-state index contributed by atoms with van der Waals surface area (Å²) in [5.41, 5.74) is 0.0184. The minimum absolute atomic E-state index is 0.00457. The maximum absolute atomic E-state index is 13.9. The Bertz CT molecular complexity index is 1650. The van der Waals surface area contributed by atoms with Gasteiger partial charge >= 0.3 is 11.7 Å². The SMILES string of the molecule is CC[C@H](C)[C@H](NC(=O)[C@@H](Cc1ccccc1)n1c(=O)[nH]c2ccccc2c1=O)C(=O)N[C@@H](C(=O)O)c1ccccc1. The van der Waals surface area contributed by atoms with E-state index in [9.17, 15) is 29.1 Å². The third-order valence-electron chi connectivity index (χ3n) is 7.18. The number of fused-ring (bicyclic) bond motifs is 1. The highest BCUT2D eigenvalue weighted by Gasteiger charge is 2.34. The number of aromatic nitrogens is 2. The Hall–Kier alpha value is -4.99. The number of aliphatic carboxylic acids is 1. The first-order valence-electron chi connectivity index (χ1n) is 13.4. The van der Waals surface area contributed by atoms with Gasteiger partial charge in [-0.3, -0.25) is 14.4 Å². The number of carboxylic acids is 1. The molecule has 3 aromatic carbocycles. The van der Waals surface area contributed by atoms with E-state index in [1.165, 1.54) is 0 Å². The smallest absolute Gasteiger partial charge is 0.330 e. The zero-order valence-corrected chi connectivity index (χ0v) is 22.7. The quantitative estimate of drug-likeness (QED) is 0.223. The fourth-order valence-electron chi connectivity index (χ4n) is 4.71. The van der Waals surface area contributed by atoms with E-state index in [1.807, 2.05) is 13.0 Å². The molecule has 4 N–H and O–H groups in total. The van der Waals surface area contributed by atoms with Gasteiger partial charge < -0.3 is 20.7 Å². The van der Waals surface area contributed by atoms with Gasteiger partial charge in [0.25, 0.3) is 5.56 Å². The molecule has 4 atom stereocenters. The summed E-state index contributed by atoms with van der Waals surface area (Å²) in [6, 6.07) is 19.9. The molecule has 0 unspecified atom stereocenters. The Labute approximate surface area is 236 Å². The highest BCUT2D eigenvalue weighted by Crippen LogP contribution is 2.18. The first-order chi connectivity index (χ1) is 19.7. The van der Waals surface area contributed by atoms with Gasteiger partial charge in [0, 0.05) is 6.42 Å². The first-order valence-corrected chi connectivity index (χ1v) is 13.4. The summed E-state index contributed by atoms with van der Waals surface area (Å²) in [5, 5.41) is 15.3. The van der Waals surface area contributed by atoms with Crippen LogP contribution < -0.4 is 21.9 Å². The predicted octanol–water partition coefficient (Wildman–Crippen LogP) is 2.95. The van der Waals surface area contributed by atoms with E-state index >= 15 is 0 Å². The summed E-state index contributed by atoms with van der Waals surface area (Å²) in [7, 11) is 0. The van der Waals surface area contributed by atoms with Crippen LogP contribution >= 0.6 is 0 Å². The van der Waals surface area contributed by atoms with Crippen LogP contribution in [0.1, 0.15) is 43.5 Å². The summed E-state index contributed by atoms with van der Waals surface area (Å²) in [6.45, 7) is 3.59. The molecule has 0 radical (unpaired) electrons. The fraction of sp³-hybridized carbons (Fsp3) is 0.258. The number of para-hydroxylation sites is 1. The number of amides is 2. The second kappa shape index (κ2) is 12.9. The van der Waals surface area contributed by atoms with Crippen molar-refractivity contribution in [1.82, 2.24) is 20.2 Å². The van der Waals surface area contributed by atoms with Crippen molar-refractivity contribution in [3.63, 3.8) is 0 Å². The largest absolute Gasteiger partial charge is 0.479 e. The van der Waals surface area contributed by atoms with Crippen LogP contribution in [0.25, 0.3) is 10.9 Å². The number of aromatic amines is 1. The monoisotopic (exact) mass is 556 g/mol. The molecule has 1 heterocycles. The molecular weight excluding hydrogens is 524 g/mol. The lowest BCUT2D eigenvalue weighted by atomic mass is 9.96. The van der Waals surface area contributed by atoms with E-state index < -0.39 is 53.1 Å². The van der Waals surface area contributed by atoms with Crippen LogP contribution in [-0.2, 0) is 20.8 Å². The Morgan fingerprint density at radius 3 is 2.10 bits per heavy atom. The number of carbonyl (C=O) groups is 3. The standard InChI is InChI=1S/C31H32N4O6/c1-3-19(2)25(28(37)34-26(30(39)40)21-14-8-5-9-15-21)33-27(36)24(18-20-12-6-4-7-13-20)35-29(38)22-16-10-11-17-23(22)32-31(35)41/h4-17,19,24-26H,3,18H2,1-2H3,(H,32,41)(H,33,36)(H,34,37)(H,39,40)/t19-,24+,25-,26+/m0/s1. The molecule has 0 aliphatic heterocycles. The number of benzene rings is 3. The number of rotatable bonds is 11. The van der Waals surface area contributed by atoms with E-state index in [4.69, 9.17) is 0 Å². The summed E-state index contributed by atoms with van der Waals surface area (Å²) >= 11 is 0. The maximum atomic E-state index is 13.9. The minimum Gasteiger partial charge on any atom is -0.479 e. The fourth-order valence-corrected chi connectivity index (χ4v) is 4.71. The number of nitrogens with zero attached hydrogens (tertiary/aromatic N) is 1. The number of carbonyl (C=O) groups excluding carboxylic acids is 2. The van der Waals surface area contributed by atoms with Gasteiger partial charge in [-0.25, -0.2) is 14.2 Å². The zero-order valence-electron chi connectivity index (χ0n) is 22.7. The van der Waals surface area contributed by atoms with Crippen LogP contribution in [0.2, 0.25) is 0 Å². The molecular formula is C31H32N4O6. The van der Waals surface area contributed by atoms with Gasteiger partial charge in [-0.05, 0) is 29.2 Å². The van der Waals surface area contributed by atoms with Crippen molar-refractivity contribution in [3.05, 3.63) is 117 Å². The second-order valence-corrected chi connectivity index (χ2v) is 9.92. The average Bonchev–Trinajstić information content (AvgIpc) is 2.98. The van der Waals surface area contributed by atoms with E-state index in [0.29, 0.717) is 23.1 Å². The number of carboxylic acid groups (broad SMARTS) is 1. The normalized spacial score (nSPS) is 14.0. The Balaban J connectivity index is 1.71. The molecule has 0 aliphatic carbocycles. The second-order valence-electron chi connectivity index (χ2n) is 9.92. The van der Waals surface area contributed by atoms with Gasteiger partial charge in [-0.2, -0.15) is 0 Å². The number of hydrogen-bond acceptors (Lipinski definition) is 5. The molecule has 0 saturated heterocycles. The Morgan fingerprint density at radius 2 is 1.46 bits per heavy atom. The van der Waals surface area contributed by atoms with Gasteiger partial charge in [0.05, 0.1) is 10.9 Å². The molecule has 4 aromatic rings. The lowest BCUT2D eigenvalue weighted by Crippen LogP contribution is -2.55. The molecule has 1 aromatic heterocycles. The van der Waals surface area contributed by atoms with Crippen LogP contribution in [0.15, 0.2) is 94.5 Å². The topological polar surface area (TPSA) is 150 Å². The van der Waals surface area contributed by atoms with Crippen molar-refractivity contribution in [2.24, 2.45) is 5.92 Å². The highest BCUT2D eigenvalue weighted by atomic mass is 16.4. The van der Waals surface area contributed by atoms with Gasteiger partial charge in [0.2, 0.25) is 11.8 Å². The zero-order chi connectivity index (χ0) is 29.5. The molecule has 41 heavy (non-hydrogen) atoms. The van der Waals surface area contributed by atoms with Gasteiger partial charge in [-0.15, -0.1) is 0 Å². The van der Waals surface area contributed by atoms with Crippen molar-refractivity contribution in [2.75, 3.05) is 0 Å². The van der Waals surface area contributed by atoms with Gasteiger partial charge in [0.1, 0.15) is 12.1 Å². The minimum atomic E-state index is -1.33. The van der Waals surface area contributed by atoms with Crippen LogP contribution in [0.3, 0.4) is 0 Å². The summed E-state index contributed by atoms with van der Waals surface area (Å²) in [4.78, 5) is 68.7. The number of nitrogens with one attached hydrogen (secondary N) is 3. The molecule has 4 rings (SSSR count). The van der Waals surface area contributed by atoms with E-state index in [-0.39, 0.29) is 11.8 Å². The van der Waals surface area contributed by atoms with Crippen LogP contribution in [-0.4, -0.2) is 38.5 Å². The lowest BCUT2D eigenvalue weighted by Gasteiger charge is -2.28. The molecule has 0 aliphatic rings. The molecule has 0 fully saturated rings. The van der Waals surface area contributed by atoms with Crippen molar-refractivity contribution in [2.45, 2.75) is 44.8 Å². The number of hydrogen-bond donors (Lipinski definition) is 4. The Morgan fingerprint density at radius 1 is 0.854 bits per heavy atom. The lowest BCUT2D eigenvalue weighted by molar-refractivity contribution is -0.142. The van der Waals surface area contributed by atoms with E-state index in [2.05, 4.69) is 15.6 Å². The maximum Gasteiger partial charge on any atom is 0.330 e. The molecule has 0 bridgehead atoms. The van der Waals surface area contributed by atoms with Crippen LogP contribution in [0.4, 0.5) is 0 Å². The average molecular weight is 557 g/mol. The molecule has 0 saturated carbocycles. The molecule has 10 nitrogen and oxygen atoms in total. The molecule has 2 amide bonds. The Kier molecular flexibility index (Phi) is 9.13.